The summed E-state index contributed by atoms with van der Waals surface area (Å²) in [6.07, 6.45) is 1.51. The molecule has 2 rings (SSSR count). The minimum atomic E-state index is -0.795. The van der Waals surface area contributed by atoms with Crippen LogP contribution in [0.15, 0.2) is 36.5 Å². The Bertz CT molecular complexity index is 622. The molecule has 0 N–H and O–H groups in total. The van der Waals surface area contributed by atoms with E-state index in [4.69, 9.17) is 16.3 Å². The summed E-state index contributed by atoms with van der Waals surface area (Å²) < 4.78 is 18.7. The maximum Gasteiger partial charge on any atom is 0.272 e. The van der Waals surface area contributed by atoms with Gasteiger partial charge in [-0.1, -0.05) is 11.6 Å². The number of halogens is 2. The summed E-state index contributed by atoms with van der Waals surface area (Å²) in [7, 11) is 0. The van der Waals surface area contributed by atoms with Crippen LogP contribution < -0.4 is 4.74 Å². The van der Waals surface area contributed by atoms with E-state index in [2.05, 4.69) is 4.98 Å². The lowest BCUT2D eigenvalue weighted by molar-refractivity contribution is -0.385. The van der Waals surface area contributed by atoms with E-state index in [0.29, 0.717) is 10.7 Å². The Morgan fingerprint density at radius 2 is 2.16 bits per heavy atom. The fourth-order valence-electron chi connectivity index (χ4n) is 1.40. The van der Waals surface area contributed by atoms with Crippen molar-refractivity contribution in [3.8, 4) is 5.75 Å². The van der Waals surface area contributed by atoms with Gasteiger partial charge in [0.05, 0.1) is 16.7 Å². The first-order valence-corrected chi connectivity index (χ1v) is 5.61. The zero-order valence-corrected chi connectivity index (χ0v) is 10.3. The molecule has 0 saturated carbocycles. The van der Waals surface area contributed by atoms with Gasteiger partial charge in [-0.2, -0.15) is 0 Å². The first kappa shape index (κ1) is 13.2. The van der Waals surface area contributed by atoms with Crippen LogP contribution in [0.3, 0.4) is 0 Å². The minimum Gasteiger partial charge on any atom is -0.484 e. The van der Waals surface area contributed by atoms with E-state index < -0.39 is 10.7 Å². The quantitative estimate of drug-likeness (QED) is 0.637. The largest absolute Gasteiger partial charge is 0.484 e. The van der Waals surface area contributed by atoms with Gasteiger partial charge in [0, 0.05) is 17.3 Å². The Kier molecular flexibility index (Phi) is 3.91. The number of nitro groups is 1. The molecule has 0 aliphatic heterocycles. The van der Waals surface area contributed by atoms with Gasteiger partial charge < -0.3 is 4.74 Å². The van der Waals surface area contributed by atoms with E-state index in [0.717, 1.165) is 6.07 Å². The predicted molar refractivity (Wildman–Crippen MR) is 66.6 cm³/mol. The van der Waals surface area contributed by atoms with E-state index in [1.165, 1.54) is 18.3 Å². The second-order valence-electron chi connectivity index (χ2n) is 3.63. The first-order chi connectivity index (χ1) is 9.06. The molecule has 0 unspecified atom stereocenters. The number of rotatable bonds is 4. The van der Waals surface area contributed by atoms with Crippen LogP contribution in [0.25, 0.3) is 0 Å². The molecule has 0 bridgehead atoms. The summed E-state index contributed by atoms with van der Waals surface area (Å²) in [4.78, 5) is 13.8. The van der Waals surface area contributed by atoms with E-state index >= 15 is 0 Å². The highest BCUT2D eigenvalue weighted by Crippen LogP contribution is 2.23. The highest BCUT2D eigenvalue weighted by molar-refractivity contribution is 6.30. The van der Waals surface area contributed by atoms with Gasteiger partial charge in [-0.25, -0.2) is 4.39 Å². The zero-order chi connectivity index (χ0) is 13.8. The fraction of sp³-hybridized carbons (Fsp3) is 0.0833. The van der Waals surface area contributed by atoms with Crippen molar-refractivity contribution in [1.29, 1.82) is 0 Å². The molecule has 0 radical (unpaired) electrons. The number of benzene rings is 1. The number of nitrogens with zero attached hydrogens (tertiary/aromatic N) is 2. The molecule has 5 nitrogen and oxygen atoms in total. The molecule has 2 aromatic rings. The summed E-state index contributed by atoms with van der Waals surface area (Å²) in [6.45, 7) is 0.0231. The second-order valence-corrected chi connectivity index (χ2v) is 4.06. The number of hydrogen-bond donors (Lipinski definition) is 0. The molecule has 0 fully saturated rings. The minimum absolute atomic E-state index is 0.0231. The van der Waals surface area contributed by atoms with E-state index in [1.54, 1.807) is 12.1 Å². The van der Waals surface area contributed by atoms with Crippen molar-refractivity contribution in [2.24, 2.45) is 0 Å². The maximum absolute atomic E-state index is 13.5. The molecule has 0 aliphatic rings. The normalized spacial score (nSPS) is 10.2. The Morgan fingerprint density at radius 1 is 1.37 bits per heavy atom. The molecule has 0 amide bonds. The van der Waals surface area contributed by atoms with Crippen LogP contribution in [-0.2, 0) is 6.61 Å². The molecular weight excluding hydrogens is 275 g/mol. The summed E-state index contributed by atoms with van der Waals surface area (Å²) in [5.41, 5.74) is 0.205. The monoisotopic (exact) mass is 282 g/mol. The molecule has 0 atom stereocenters. The van der Waals surface area contributed by atoms with Crippen molar-refractivity contribution in [2.75, 3.05) is 0 Å². The molecule has 19 heavy (non-hydrogen) atoms. The molecule has 0 spiro atoms. The number of nitro benzene ring substituents is 1. The summed E-state index contributed by atoms with van der Waals surface area (Å²) >= 11 is 5.77. The Hall–Kier alpha value is -2.21. The van der Waals surface area contributed by atoms with Gasteiger partial charge in [0.15, 0.2) is 11.6 Å². The molecule has 7 heteroatoms. The zero-order valence-electron chi connectivity index (χ0n) is 9.55. The van der Waals surface area contributed by atoms with Gasteiger partial charge in [-0.15, -0.1) is 0 Å². The third-order valence-corrected chi connectivity index (χ3v) is 2.52. The summed E-state index contributed by atoms with van der Waals surface area (Å²) in [6, 6.07) is 6.38. The van der Waals surface area contributed by atoms with Crippen molar-refractivity contribution in [3.63, 3.8) is 0 Å². The van der Waals surface area contributed by atoms with Gasteiger partial charge in [-0.3, -0.25) is 15.1 Å². The third kappa shape index (κ3) is 3.38. The molecular formula is C12H8ClFN2O3. The third-order valence-electron chi connectivity index (χ3n) is 2.28. The van der Waals surface area contributed by atoms with Crippen LogP contribution >= 0.6 is 11.6 Å². The lowest BCUT2D eigenvalue weighted by Gasteiger charge is -2.06. The predicted octanol–water partition coefficient (Wildman–Crippen LogP) is 3.36. The van der Waals surface area contributed by atoms with Gasteiger partial charge in [0.2, 0.25) is 0 Å². The maximum atomic E-state index is 13.5. The molecule has 98 valence electrons. The number of hydrogen-bond acceptors (Lipinski definition) is 4. The summed E-state index contributed by atoms with van der Waals surface area (Å²) in [5, 5.41) is 11.0. The standard InChI is InChI=1S/C12H8ClFN2O3/c13-8-3-4-15-9(5-8)7-19-12-2-1-10(16(17)18)6-11(12)14/h1-6H,7H2. The van der Waals surface area contributed by atoms with Gasteiger partial charge in [0.25, 0.3) is 5.69 Å². The van der Waals surface area contributed by atoms with Crippen LogP contribution in [0.2, 0.25) is 5.02 Å². The van der Waals surface area contributed by atoms with Gasteiger partial charge in [0.1, 0.15) is 6.61 Å². The molecule has 1 aromatic carbocycles. The molecule has 0 aliphatic carbocycles. The molecule has 1 heterocycles. The van der Waals surface area contributed by atoms with E-state index in [9.17, 15) is 14.5 Å². The van der Waals surface area contributed by atoms with Crippen molar-refractivity contribution in [1.82, 2.24) is 4.98 Å². The lowest BCUT2D eigenvalue weighted by Crippen LogP contribution is -2.00. The summed E-state index contributed by atoms with van der Waals surface area (Å²) in [5.74, 6) is -0.872. The number of pyridine rings is 1. The van der Waals surface area contributed by atoms with Crippen LogP contribution in [0.5, 0.6) is 5.75 Å². The topological polar surface area (TPSA) is 65.3 Å². The number of non-ortho nitro benzene ring substituents is 1. The highest BCUT2D eigenvalue weighted by Gasteiger charge is 2.11. The van der Waals surface area contributed by atoms with Crippen molar-refractivity contribution in [2.45, 2.75) is 6.61 Å². The molecule has 0 saturated heterocycles. The van der Waals surface area contributed by atoms with Crippen LogP contribution in [-0.4, -0.2) is 9.91 Å². The highest BCUT2D eigenvalue weighted by atomic mass is 35.5. The Morgan fingerprint density at radius 3 is 2.79 bits per heavy atom. The number of aromatic nitrogens is 1. The first-order valence-electron chi connectivity index (χ1n) is 5.23. The number of ether oxygens (including phenoxy) is 1. The fourth-order valence-corrected chi connectivity index (χ4v) is 1.58. The van der Waals surface area contributed by atoms with Crippen molar-refractivity contribution in [3.05, 3.63) is 63.2 Å². The smallest absolute Gasteiger partial charge is 0.272 e. The average molecular weight is 283 g/mol. The Balaban J connectivity index is 2.10. The van der Waals surface area contributed by atoms with Crippen LogP contribution in [0.1, 0.15) is 5.69 Å². The molecule has 1 aromatic heterocycles. The van der Waals surface area contributed by atoms with Crippen molar-refractivity contribution >= 4 is 17.3 Å². The van der Waals surface area contributed by atoms with Crippen LogP contribution in [0.4, 0.5) is 10.1 Å². The average Bonchev–Trinajstić information content (AvgIpc) is 2.37. The van der Waals surface area contributed by atoms with E-state index in [1.807, 2.05) is 0 Å². The van der Waals surface area contributed by atoms with Gasteiger partial charge >= 0.3 is 0 Å². The second kappa shape index (κ2) is 5.62. The van der Waals surface area contributed by atoms with Crippen LogP contribution in [0, 0.1) is 15.9 Å². The van der Waals surface area contributed by atoms with Crippen molar-refractivity contribution < 1.29 is 14.1 Å². The van der Waals surface area contributed by atoms with E-state index in [-0.39, 0.29) is 18.0 Å². The van der Waals surface area contributed by atoms with Gasteiger partial charge in [-0.05, 0) is 18.2 Å². The SMILES string of the molecule is O=[N+]([O-])c1ccc(OCc2cc(Cl)ccn2)c(F)c1. The lowest BCUT2D eigenvalue weighted by atomic mass is 10.3. The Labute approximate surface area is 112 Å².